The molecule has 0 radical (unpaired) electrons. The predicted molar refractivity (Wildman–Crippen MR) is 72.4 cm³/mol. The fourth-order valence-corrected chi connectivity index (χ4v) is 2.13. The van der Waals surface area contributed by atoms with Crippen LogP contribution >= 0.6 is 11.8 Å². The average Bonchev–Trinajstić information content (AvgIpc) is 2.34. The molecule has 0 spiro atoms. The van der Waals surface area contributed by atoms with Crippen molar-refractivity contribution in [1.29, 1.82) is 0 Å². The summed E-state index contributed by atoms with van der Waals surface area (Å²) < 4.78 is 25.7. The molecule has 0 aromatic heterocycles. The molecule has 1 atom stereocenters. The maximum atomic E-state index is 13.0. The van der Waals surface area contributed by atoms with E-state index in [1.165, 1.54) is 17.8 Å². The molecule has 0 aliphatic carbocycles. The van der Waals surface area contributed by atoms with Crippen LogP contribution in [0.1, 0.15) is 6.42 Å². The molecule has 1 rings (SSSR count). The van der Waals surface area contributed by atoms with E-state index in [-0.39, 0.29) is 18.3 Å². The number of amides is 2. The number of nitrogens with one attached hydrogen (secondary N) is 2. The van der Waals surface area contributed by atoms with Gasteiger partial charge in [-0.15, -0.1) is 0 Å². The van der Waals surface area contributed by atoms with Crippen LogP contribution in [0.25, 0.3) is 0 Å². The molecule has 0 bridgehead atoms. The summed E-state index contributed by atoms with van der Waals surface area (Å²) in [6, 6.07) is 2.43. The molecular weight excluding hydrogens is 274 g/mol. The van der Waals surface area contributed by atoms with E-state index in [4.69, 9.17) is 5.11 Å². The van der Waals surface area contributed by atoms with Gasteiger partial charge in [0.2, 0.25) is 0 Å². The SMILES string of the molecule is CSC[C@@H](CCO)NC(=O)Nc1ccc(F)c(F)c1. The lowest BCUT2D eigenvalue weighted by Gasteiger charge is -2.17. The van der Waals surface area contributed by atoms with Crippen molar-refractivity contribution in [3.05, 3.63) is 29.8 Å². The first-order valence-corrected chi connectivity index (χ1v) is 7.08. The van der Waals surface area contributed by atoms with E-state index in [9.17, 15) is 13.6 Å². The number of benzene rings is 1. The molecular formula is C12H16F2N2O2S. The summed E-state index contributed by atoms with van der Waals surface area (Å²) in [6.07, 6.45) is 2.32. The van der Waals surface area contributed by atoms with Gasteiger partial charge in [0, 0.05) is 30.2 Å². The van der Waals surface area contributed by atoms with Gasteiger partial charge < -0.3 is 15.7 Å². The zero-order chi connectivity index (χ0) is 14.3. The summed E-state index contributed by atoms with van der Waals surface area (Å²) >= 11 is 1.54. The number of halogens is 2. The molecule has 4 nitrogen and oxygen atoms in total. The van der Waals surface area contributed by atoms with Crippen molar-refractivity contribution in [2.24, 2.45) is 0 Å². The summed E-state index contributed by atoms with van der Waals surface area (Å²) in [4.78, 5) is 11.6. The number of aliphatic hydroxyl groups is 1. The minimum atomic E-state index is -1.02. The fourth-order valence-electron chi connectivity index (χ4n) is 1.48. The number of aliphatic hydroxyl groups excluding tert-OH is 1. The molecule has 0 unspecified atom stereocenters. The monoisotopic (exact) mass is 290 g/mol. The highest BCUT2D eigenvalue weighted by molar-refractivity contribution is 7.98. The van der Waals surface area contributed by atoms with Crippen LogP contribution in [0.2, 0.25) is 0 Å². The van der Waals surface area contributed by atoms with E-state index >= 15 is 0 Å². The van der Waals surface area contributed by atoms with Gasteiger partial charge in [-0.25, -0.2) is 13.6 Å². The number of hydrogen-bond donors (Lipinski definition) is 3. The van der Waals surface area contributed by atoms with Gasteiger partial charge in [-0.1, -0.05) is 0 Å². The lowest BCUT2D eigenvalue weighted by atomic mass is 10.2. The first kappa shape index (κ1) is 15.7. The molecule has 19 heavy (non-hydrogen) atoms. The van der Waals surface area contributed by atoms with Crippen LogP contribution in [0.3, 0.4) is 0 Å². The van der Waals surface area contributed by atoms with Gasteiger partial charge >= 0.3 is 6.03 Å². The normalized spacial score (nSPS) is 12.0. The third-order valence-corrected chi connectivity index (χ3v) is 3.09. The van der Waals surface area contributed by atoms with Crippen LogP contribution in [0.15, 0.2) is 18.2 Å². The number of hydrogen-bond acceptors (Lipinski definition) is 3. The molecule has 3 N–H and O–H groups in total. The third-order valence-electron chi connectivity index (χ3n) is 2.36. The number of anilines is 1. The van der Waals surface area contributed by atoms with Crippen LogP contribution in [0.5, 0.6) is 0 Å². The minimum absolute atomic E-state index is 0.0311. The highest BCUT2D eigenvalue weighted by Gasteiger charge is 2.12. The standard InChI is InChI=1S/C12H16F2N2O2S/c1-19-7-9(4-5-17)16-12(18)15-8-2-3-10(13)11(14)6-8/h2-3,6,9,17H,4-5,7H2,1H3,(H2,15,16,18)/t9-/m1/s1. The van der Waals surface area contributed by atoms with Crippen molar-refractivity contribution in [3.8, 4) is 0 Å². The van der Waals surface area contributed by atoms with Crippen molar-refractivity contribution < 1.29 is 18.7 Å². The summed E-state index contributed by atoms with van der Waals surface area (Å²) in [5.74, 6) is -1.33. The van der Waals surface area contributed by atoms with Gasteiger partial charge in [-0.05, 0) is 24.8 Å². The number of rotatable bonds is 6. The van der Waals surface area contributed by atoms with Crippen LogP contribution in [-0.2, 0) is 0 Å². The van der Waals surface area contributed by atoms with Crippen LogP contribution < -0.4 is 10.6 Å². The zero-order valence-electron chi connectivity index (χ0n) is 10.5. The van der Waals surface area contributed by atoms with Crippen molar-refractivity contribution in [1.82, 2.24) is 5.32 Å². The molecule has 0 heterocycles. The van der Waals surface area contributed by atoms with Gasteiger partial charge in [0.25, 0.3) is 0 Å². The van der Waals surface area contributed by atoms with E-state index < -0.39 is 17.7 Å². The quantitative estimate of drug-likeness (QED) is 0.752. The Morgan fingerprint density at radius 3 is 2.74 bits per heavy atom. The van der Waals surface area contributed by atoms with E-state index in [0.29, 0.717) is 12.2 Å². The second-order valence-corrected chi connectivity index (χ2v) is 4.80. The Balaban J connectivity index is 2.55. The van der Waals surface area contributed by atoms with Crippen molar-refractivity contribution in [2.45, 2.75) is 12.5 Å². The Kier molecular flexibility index (Phi) is 6.58. The first-order chi connectivity index (χ1) is 9.06. The fraction of sp³-hybridized carbons (Fsp3) is 0.417. The second kappa shape index (κ2) is 7.96. The van der Waals surface area contributed by atoms with Crippen molar-refractivity contribution in [2.75, 3.05) is 23.9 Å². The Hall–Kier alpha value is -1.34. The van der Waals surface area contributed by atoms with Gasteiger partial charge in [-0.2, -0.15) is 11.8 Å². The molecule has 0 fully saturated rings. The van der Waals surface area contributed by atoms with Crippen molar-refractivity contribution in [3.63, 3.8) is 0 Å². The van der Waals surface area contributed by atoms with Crippen LogP contribution in [-0.4, -0.2) is 35.8 Å². The maximum absolute atomic E-state index is 13.0. The Labute approximate surface area is 114 Å². The van der Waals surface area contributed by atoms with E-state index in [1.54, 1.807) is 0 Å². The molecule has 0 aliphatic heterocycles. The molecule has 2 amide bonds. The van der Waals surface area contributed by atoms with Gasteiger partial charge in [0.1, 0.15) is 0 Å². The average molecular weight is 290 g/mol. The number of carbonyl (C=O) groups excluding carboxylic acids is 1. The summed E-state index contributed by atoms with van der Waals surface area (Å²) in [5.41, 5.74) is 0.170. The van der Waals surface area contributed by atoms with Gasteiger partial charge in [0.05, 0.1) is 0 Å². The summed E-state index contributed by atoms with van der Waals surface area (Å²) in [5, 5.41) is 13.9. The lowest BCUT2D eigenvalue weighted by molar-refractivity contribution is 0.241. The Morgan fingerprint density at radius 1 is 1.42 bits per heavy atom. The zero-order valence-corrected chi connectivity index (χ0v) is 11.3. The highest BCUT2D eigenvalue weighted by Crippen LogP contribution is 2.13. The van der Waals surface area contributed by atoms with Crippen molar-refractivity contribution >= 4 is 23.5 Å². The van der Waals surface area contributed by atoms with Crippen LogP contribution in [0.4, 0.5) is 19.3 Å². The molecule has 1 aromatic carbocycles. The number of thioether (sulfide) groups is 1. The first-order valence-electron chi connectivity index (χ1n) is 5.69. The lowest BCUT2D eigenvalue weighted by Crippen LogP contribution is -2.40. The van der Waals surface area contributed by atoms with Gasteiger partial charge in [0.15, 0.2) is 11.6 Å². The van der Waals surface area contributed by atoms with E-state index in [2.05, 4.69) is 10.6 Å². The minimum Gasteiger partial charge on any atom is -0.396 e. The Bertz CT molecular complexity index is 426. The topological polar surface area (TPSA) is 61.4 Å². The van der Waals surface area contributed by atoms with Gasteiger partial charge in [-0.3, -0.25) is 0 Å². The Morgan fingerprint density at radius 2 is 2.16 bits per heavy atom. The smallest absolute Gasteiger partial charge is 0.319 e. The molecule has 7 heteroatoms. The summed E-state index contributed by atoms with van der Waals surface area (Å²) in [7, 11) is 0. The summed E-state index contributed by atoms with van der Waals surface area (Å²) in [6.45, 7) is -0.0311. The molecule has 106 valence electrons. The second-order valence-electron chi connectivity index (χ2n) is 3.89. The molecule has 0 saturated carbocycles. The predicted octanol–water partition coefficient (Wildman–Crippen LogP) is 2.20. The highest BCUT2D eigenvalue weighted by atomic mass is 32.2. The number of urea groups is 1. The van der Waals surface area contributed by atoms with E-state index in [1.807, 2.05) is 6.26 Å². The molecule has 1 aromatic rings. The molecule has 0 aliphatic rings. The van der Waals surface area contributed by atoms with E-state index in [0.717, 1.165) is 12.1 Å². The molecule has 0 saturated heterocycles. The largest absolute Gasteiger partial charge is 0.396 e. The van der Waals surface area contributed by atoms with Crippen LogP contribution in [0, 0.1) is 11.6 Å². The number of carbonyl (C=O) groups is 1. The maximum Gasteiger partial charge on any atom is 0.319 e. The third kappa shape index (κ3) is 5.44.